The van der Waals surface area contributed by atoms with Gasteiger partial charge in [-0.3, -0.25) is 14.3 Å². The van der Waals surface area contributed by atoms with Crippen LogP contribution in [0.5, 0.6) is 5.75 Å². The van der Waals surface area contributed by atoms with E-state index >= 15 is 0 Å². The summed E-state index contributed by atoms with van der Waals surface area (Å²) in [5, 5.41) is 3.04. The maximum atomic E-state index is 14.6. The number of hydrogen-bond donors (Lipinski definition) is 3. The van der Waals surface area contributed by atoms with Crippen LogP contribution in [0.3, 0.4) is 0 Å². The monoisotopic (exact) mass is 1000 g/mol. The second-order valence-electron chi connectivity index (χ2n) is 17.9. The first-order valence-corrected chi connectivity index (χ1v) is 28.6. The van der Waals surface area contributed by atoms with Gasteiger partial charge >= 0.3 is 0 Å². The van der Waals surface area contributed by atoms with Gasteiger partial charge in [0.05, 0.1) is 39.8 Å². The zero-order valence-electron chi connectivity index (χ0n) is 41.0. The third-order valence-corrected chi connectivity index (χ3v) is 14.8. The van der Waals surface area contributed by atoms with Crippen molar-refractivity contribution >= 4 is 77.6 Å². The highest BCUT2D eigenvalue weighted by Gasteiger charge is 2.32. The van der Waals surface area contributed by atoms with E-state index in [1.807, 2.05) is 55.1 Å². The smallest absolute Gasteiger partial charge is 0.282 e. The zero-order chi connectivity index (χ0) is 49.7. The van der Waals surface area contributed by atoms with Gasteiger partial charge in [-0.05, 0) is 92.4 Å². The number of para-hydroxylation sites is 2. The van der Waals surface area contributed by atoms with Gasteiger partial charge in [-0.1, -0.05) is 145 Å². The number of anilines is 4. The summed E-state index contributed by atoms with van der Waals surface area (Å²) in [4.78, 5) is 37.3. The number of aliphatic imine (C=N–C) groups is 1. The number of benzene rings is 4. The molecule has 0 saturated carbocycles. The first kappa shape index (κ1) is 55.0. The molecule has 2 amide bonds. The van der Waals surface area contributed by atoms with Crippen molar-refractivity contribution in [3.63, 3.8) is 0 Å². The van der Waals surface area contributed by atoms with Crippen LogP contribution >= 0.6 is 11.6 Å². The van der Waals surface area contributed by atoms with Crippen molar-refractivity contribution in [3.8, 4) is 5.75 Å². The minimum absolute atomic E-state index is 0.0502. The van der Waals surface area contributed by atoms with E-state index < -0.39 is 37.6 Å². The zero-order valence-corrected chi connectivity index (χ0v) is 43.4. The molecular weight excluding hydrogens is 932 g/mol. The molecule has 1 aliphatic heterocycles. The topological polar surface area (TPSA) is 167 Å². The number of nitrogens with one attached hydrogen (secondary N) is 3. The Morgan fingerprint density at radius 1 is 0.754 bits per heavy atom. The molecule has 0 atom stereocenters. The lowest BCUT2D eigenvalue weighted by atomic mass is 10.0. The minimum atomic E-state index is -4.21. The van der Waals surface area contributed by atoms with Crippen molar-refractivity contribution in [2.75, 3.05) is 58.9 Å². The van der Waals surface area contributed by atoms with Crippen LogP contribution in [0.2, 0.25) is 5.02 Å². The summed E-state index contributed by atoms with van der Waals surface area (Å²) in [6.07, 6.45) is 21.5. The molecule has 1 heterocycles. The lowest BCUT2D eigenvalue weighted by molar-refractivity contribution is -0.115. The van der Waals surface area contributed by atoms with Gasteiger partial charge in [0.25, 0.3) is 21.8 Å². The minimum Gasteiger partial charge on any atom is -0.491 e. The van der Waals surface area contributed by atoms with Gasteiger partial charge in [-0.25, -0.2) is 26.6 Å². The molecular formula is C53H73ClN6O7S2. The number of hydrogen-bond acceptors (Lipinski definition) is 9. The fraction of sp³-hybridized carbons (Fsp3) is 0.491. The van der Waals surface area contributed by atoms with Crippen molar-refractivity contribution in [1.82, 2.24) is 4.72 Å². The summed E-state index contributed by atoms with van der Waals surface area (Å²) in [7, 11) is -7.57. The number of nitrogens with zero attached hydrogens (tertiary/aromatic N) is 3. The van der Waals surface area contributed by atoms with Crippen LogP contribution in [0.15, 0.2) is 94.8 Å². The van der Waals surface area contributed by atoms with Crippen LogP contribution in [-0.2, 0) is 36.1 Å². The number of aryl methyl sites for hydroxylation is 1. The molecule has 0 aliphatic carbocycles. The fourth-order valence-electron chi connectivity index (χ4n) is 8.45. The Hall–Kier alpha value is -4.96. The number of carbonyl (C=O) groups is 2. The maximum absolute atomic E-state index is 14.6. The molecule has 1 aliphatic rings. The largest absolute Gasteiger partial charge is 0.491 e. The molecule has 0 radical (unpaired) electrons. The molecule has 13 nitrogen and oxygen atoms in total. The molecule has 0 bridgehead atoms. The van der Waals surface area contributed by atoms with E-state index in [0.29, 0.717) is 49.6 Å². The number of unbranched alkanes of at least 4 members (excludes halogenated alkanes) is 15. The van der Waals surface area contributed by atoms with Gasteiger partial charge in [0.1, 0.15) is 5.75 Å². The number of ether oxygens (including phenoxy) is 1. The Kier molecular flexibility index (Phi) is 22.3. The van der Waals surface area contributed by atoms with E-state index in [1.165, 1.54) is 100 Å². The summed E-state index contributed by atoms with van der Waals surface area (Å²) in [5.74, 6) is -1.23. The van der Waals surface area contributed by atoms with Crippen LogP contribution in [-0.4, -0.2) is 73.4 Å². The Morgan fingerprint density at radius 3 is 2.00 bits per heavy atom. The molecule has 3 N–H and O–H groups in total. The third-order valence-electron chi connectivity index (χ3n) is 12.3. The van der Waals surface area contributed by atoms with E-state index in [2.05, 4.69) is 21.7 Å². The second-order valence-corrected chi connectivity index (χ2v) is 21.8. The number of sulfonamides is 2. The van der Waals surface area contributed by atoms with Crippen LogP contribution in [0, 0.1) is 6.92 Å². The number of amides is 2. The fourth-order valence-corrected chi connectivity index (χ4v) is 10.3. The van der Waals surface area contributed by atoms with Crippen molar-refractivity contribution in [1.29, 1.82) is 0 Å². The average Bonchev–Trinajstić information content (AvgIpc) is 3.76. The van der Waals surface area contributed by atoms with Crippen LogP contribution < -0.4 is 29.3 Å². The number of fused-ring (bicyclic) bond motifs is 1. The quantitative estimate of drug-likeness (QED) is 0.0254. The molecule has 69 heavy (non-hydrogen) atoms. The lowest BCUT2D eigenvalue weighted by Crippen LogP contribution is -2.41. The molecule has 0 aromatic heterocycles. The van der Waals surface area contributed by atoms with Crippen molar-refractivity contribution in [2.45, 2.75) is 135 Å². The summed E-state index contributed by atoms with van der Waals surface area (Å²) in [6, 6.07) is 23.6. The molecule has 376 valence electrons. The predicted molar refractivity (Wildman–Crippen MR) is 284 cm³/mol. The molecule has 4 aromatic carbocycles. The lowest BCUT2D eigenvalue weighted by Gasteiger charge is -2.24. The van der Waals surface area contributed by atoms with Crippen LogP contribution in [0.1, 0.15) is 128 Å². The SMILES string of the molecule is CCCCCCCCCCCCCCCCCCOc1ccc(S(=O)(=O)Nc2ccccc2Cl)cc1NC(=O)C(=Nc1ccc(N(CC)CCNS(C)(=O)=O)cc1C)C(=O)N1CCc2ccccc21. The molecule has 0 spiro atoms. The van der Waals surface area contributed by atoms with E-state index in [4.69, 9.17) is 21.3 Å². The summed E-state index contributed by atoms with van der Waals surface area (Å²) >= 11 is 6.32. The van der Waals surface area contributed by atoms with Crippen LogP contribution in [0.25, 0.3) is 0 Å². The van der Waals surface area contributed by atoms with Gasteiger partial charge in [0, 0.05) is 37.6 Å². The molecule has 0 unspecified atom stereocenters. The standard InChI is InChI=1S/C53H73ClN6O7S2/c1-5-7-8-9-10-11-12-13-14-15-16-17-18-19-20-25-38-67-50-33-31-44(69(65,66)58-47-28-23-22-27-45(47)54)40-48(50)57-52(61)51(53(62)60-36-34-42-26-21-24-29-49(42)60)56-46-32-30-43(39-41(46)3)59(6-2)37-35-55-68(4,63)64/h21-24,26-33,39-40,55,58H,5-20,25,34-38H2,1-4H3,(H,57,61). The number of halogens is 1. The molecule has 5 rings (SSSR count). The maximum Gasteiger partial charge on any atom is 0.282 e. The Balaban J connectivity index is 1.32. The Bertz CT molecular complexity index is 2550. The van der Waals surface area contributed by atoms with Crippen molar-refractivity contribution in [2.24, 2.45) is 4.99 Å². The van der Waals surface area contributed by atoms with Gasteiger partial charge in [0.15, 0.2) is 5.71 Å². The van der Waals surface area contributed by atoms with E-state index in [0.717, 1.165) is 43.2 Å². The highest BCUT2D eigenvalue weighted by molar-refractivity contribution is 7.92. The number of carbonyl (C=O) groups excluding carboxylic acids is 2. The van der Waals surface area contributed by atoms with E-state index in [-0.39, 0.29) is 33.6 Å². The van der Waals surface area contributed by atoms with E-state index in [9.17, 15) is 26.4 Å². The van der Waals surface area contributed by atoms with Crippen molar-refractivity contribution in [3.05, 3.63) is 101 Å². The third kappa shape index (κ3) is 17.7. The Labute approximate surface area is 417 Å². The average molecular weight is 1010 g/mol. The summed E-state index contributed by atoms with van der Waals surface area (Å²) < 4.78 is 62.3. The molecule has 0 fully saturated rings. The van der Waals surface area contributed by atoms with Gasteiger partial charge in [0.2, 0.25) is 10.0 Å². The first-order valence-electron chi connectivity index (χ1n) is 24.8. The van der Waals surface area contributed by atoms with Crippen molar-refractivity contribution < 1.29 is 31.2 Å². The van der Waals surface area contributed by atoms with Gasteiger partial charge in [-0.15, -0.1) is 0 Å². The number of rotatable bonds is 31. The normalized spacial score (nSPS) is 12.8. The molecule has 4 aromatic rings. The highest BCUT2D eigenvalue weighted by Crippen LogP contribution is 2.33. The first-order chi connectivity index (χ1) is 33.2. The summed E-state index contributed by atoms with van der Waals surface area (Å²) in [5.41, 5.74) is 3.33. The second kappa shape index (κ2) is 28.0. The van der Waals surface area contributed by atoms with E-state index in [1.54, 1.807) is 30.3 Å². The highest BCUT2D eigenvalue weighted by atomic mass is 35.5. The number of likely N-dealkylation sites (N-methyl/N-ethyl adjacent to an activating group) is 1. The Morgan fingerprint density at radius 2 is 1.38 bits per heavy atom. The molecule has 16 heteroatoms. The molecule has 0 saturated heterocycles. The predicted octanol–water partition coefficient (Wildman–Crippen LogP) is 11.8. The van der Waals surface area contributed by atoms with Gasteiger partial charge < -0.3 is 19.9 Å². The summed E-state index contributed by atoms with van der Waals surface area (Å²) in [6.45, 7) is 7.94. The van der Waals surface area contributed by atoms with Crippen LogP contribution in [0.4, 0.5) is 28.4 Å². The van der Waals surface area contributed by atoms with Gasteiger partial charge in [-0.2, -0.15) is 0 Å².